The zero-order chi connectivity index (χ0) is 18.2. The molecule has 0 saturated carbocycles. The monoisotopic (exact) mass is 326 g/mol. The maximum atomic E-state index is 12.2. The molecule has 23 heavy (non-hydrogen) atoms. The first-order valence-corrected chi connectivity index (χ1v) is 8.65. The minimum Gasteiger partial charge on any atom is -0.356 e. The van der Waals surface area contributed by atoms with Crippen molar-refractivity contribution in [3.8, 4) is 0 Å². The molecular formula is C18H34N2O3. The number of hydrogen-bond donors (Lipinski definition) is 2. The standard InChI is InChI=1S/C18H34N2O3/c1-11(2)8-13(5)18(23)20-15(7)16(21)9-14(6)17(22)19-10-12(3)4/h11-15H,8-10H2,1-7H3,(H,19,22)(H,20,23)/t13-,14-,15+/m1/s1. The molecule has 0 fully saturated rings. The van der Waals surface area contributed by atoms with Gasteiger partial charge in [0, 0.05) is 24.8 Å². The zero-order valence-corrected chi connectivity index (χ0v) is 15.7. The molecule has 0 aromatic rings. The number of nitrogens with one attached hydrogen (secondary N) is 2. The Balaban J connectivity index is 4.33. The molecule has 0 rings (SSSR count). The van der Waals surface area contributed by atoms with Crippen LogP contribution < -0.4 is 10.6 Å². The predicted molar refractivity (Wildman–Crippen MR) is 92.9 cm³/mol. The summed E-state index contributed by atoms with van der Waals surface area (Å²) in [5.74, 6) is -0.00264. The van der Waals surface area contributed by atoms with Gasteiger partial charge in [-0.25, -0.2) is 0 Å². The van der Waals surface area contributed by atoms with Gasteiger partial charge in [-0.3, -0.25) is 14.4 Å². The van der Waals surface area contributed by atoms with Crippen molar-refractivity contribution in [3.63, 3.8) is 0 Å². The molecule has 0 spiro atoms. The molecule has 5 heteroatoms. The fraction of sp³-hybridized carbons (Fsp3) is 0.833. The third-order valence-electron chi connectivity index (χ3n) is 3.75. The average molecular weight is 326 g/mol. The molecule has 0 aliphatic rings. The highest BCUT2D eigenvalue weighted by molar-refractivity contribution is 5.92. The summed E-state index contributed by atoms with van der Waals surface area (Å²) in [4.78, 5) is 36.1. The van der Waals surface area contributed by atoms with Crippen molar-refractivity contribution in [2.45, 2.75) is 67.3 Å². The van der Waals surface area contributed by atoms with Gasteiger partial charge in [0.1, 0.15) is 0 Å². The Morgan fingerprint density at radius 2 is 1.35 bits per heavy atom. The molecule has 5 nitrogen and oxygen atoms in total. The van der Waals surface area contributed by atoms with Gasteiger partial charge in [0.15, 0.2) is 5.78 Å². The summed E-state index contributed by atoms with van der Waals surface area (Å²) in [6.45, 7) is 14.1. The molecule has 134 valence electrons. The first-order chi connectivity index (χ1) is 10.5. The quantitative estimate of drug-likeness (QED) is 0.648. The highest BCUT2D eigenvalue weighted by Gasteiger charge is 2.23. The highest BCUT2D eigenvalue weighted by atomic mass is 16.2. The van der Waals surface area contributed by atoms with Gasteiger partial charge in [-0.2, -0.15) is 0 Å². The van der Waals surface area contributed by atoms with Gasteiger partial charge in [0.25, 0.3) is 0 Å². The van der Waals surface area contributed by atoms with E-state index in [9.17, 15) is 14.4 Å². The molecule has 0 bridgehead atoms. The average Bonchev–Trinajstić information content (AvgIpc) is 2.43. The lowest BCUT2D eigenvalue weighted by Crippen LogP contribution is -2.43. The van der Waals surface area contributed by atoms with Crippen molar-refractivity contribution in [1.29, 1.82) is 0 Å². The molecule has 0 aliphatic carbocycles. The molecule has 0 radical (unpaired) electrons. The van der Waals surface area contributed by atoms with Crippen LogP contribution in [0.3, 0.4) is 0 Å². The van der Waals surface area contributed by atoms with Crippen LogP contribution in [0, 0.1) is 23.7 Å². The summed E-state index contributed by atoms with van der Waals surface area (Å²) in [5, 5.41) is 5.59. The Hall–Kier alpha value is -1.39. The fourth-order valence-corrected chi connectivity index (χ4v) is 2.30. The normalized spacial score (nSPS) is 15.2. The fourth-order valence-electron chi connectivity index (χ4n) is 2.30. The Bertz CT molecular complexity index is 405. The summed E-state index contributed by atoms with van der Waals surface area (Å²) < 4.78 is 0. The van der Waals surface area contributed by atoms with Crippen LogP contribution >= 0.6 is 0 Å². The van der Waals surface area contributed by atoms with Crippen LogP contribution in [0.5, 0.6) is 0 Å². The van der Waals surface area contributed by atoms with Gasteiger partial charge >= 0.3 is 0 Å². The topological polar surface area (TPSA) is 75.3 Å². The maximum Gasteiger partial charge on any atom is 0.223 e. The maximum absolute atomic E-state index is 12.2. The van der Waals surface area contributed by atoms with Gasteiger partial charge < -0.3 is 10.6 Å². The Kier molecular flexibility index (Phi) is 9.77. The van der Waals surface area contributed by atoms with Crippen LogP contribution in [0.1, 0.15) is 61.3 Å². The summed E-state index contributed by atoms with van der Waals surface area (Å²) in [6, 6.07) is -0.558. The first kappa shape index (κ1) is 21.6. The van der Waals surface area contributed by atoms with Gasteiger partial charge in [0.05, 0.1) is 6.04 Å². The third kappa shape index (κ3) is 9.36. The van der Waals surface area contributed by atoms with Crippen LogP contribution in [0.25, 0.3) is 0 Å². The van der Waals surface area contributed by atoms with E-state index in [1.165, 1.54) is 0 Å². The minimum atomic E-state index is -0.558. The summed E-state index contributed by atoms with van der Waals surface area (Å²) in [5.41, 5.74) is 0. The number of carbonyl (C=O) groups excluding carboxylic acids is 3. The van der Waals surface area contributed by atoms with Gasteiger partial charge in [-0.1, -0.05) is 41.5 Å². The van der Waals surface area contributed by atoms with E-state index in [1.54, 1.807) is 13.8 Å². The summed E-state index contributed by atoms with van der Waals surface area (Å²) in [6.07, 6.45) is 0.935. The van der Waals surface area contributed by atoms with Crippen LogP contribution in [-0.4, -0.2) is 30.2 Å². The Morgan fingerprint density at radius 1 is 0.783 bits per heavy atom. The van der Waals surface area contributed by atoms with Gasteiger partial charge in [-0.05, 0) is 25.2 Å². The molecule has 0 unspecified atom stereocenters. The van der Waals surface area contributed by atoms with Crippen molar-refractivity contribution < 1.29 is 14.4 Å². The van der Waals surface area contributed by atoms with E-state index in [2.05, 4.69) is 24.5 Å². The van der Waals surface area contributed by atoms with Crippen molar-refractivity contribution >= 4 is 17.6 Å². The van der Waals surface area contributed by atoms with Crippen molar-refractivity contribution in [2.24, 2.45) is 23.7 Å². The van der Waals surface area contributed by atoms with E-state index in [0.717, 1.165) is 6.42 Å². The van der Waals surface area contributed by atoms with Crippen LogP contribution in [0.15, 0.2) is 0 Å². The van der Waals surface area contributed by atoms with Crippen molar-refractivity contribution in [1.82, 2.24) is 10.6 Å². The summed E-state index contributed by atoms with van der Waals surface area (Å²) in [7, 11) is 0. The number of hydrogen-bond acceptors (Lipinski definition) is 3. The molecular weight excluding hydrogens is 292 g/mol. The smallest absolute Gasteiger partial charge is 0.223 e. The third-order valence-corrected chi connectivity index (χ3v) is 3.75. The van der Waals surface area contributed by atoms with Crippen molar-refractivity contribution in [2.75, 3.05) is 6.54 Å². The molecule has 0 saturated heterocycles. The Morgan fingerprint density at radius 3 is 1.83 bits per heavy atom. The van der Waals surface area contributed by atoms with E-state index < -0.39 is 6.04 Å². The Labute approximate surface area is 141 Å². The first-order valence-electron chi connectivity index (χ1n) is 8.65. The molecule has 0 aromatic heterocycles. The number of carbonyl (C=O) groups is 3. The van der Waals surface area contributed by atoms with Gasteiger partial charge in [0.2, 0.25) is 11.8 Å². The second-order valence-electron chi connectivity index (χ2n) is 7.47. The molecule has 3 atom stereocenters. The second-order valence-corrected chi connectivity index (χ2v) is 7.47. The number of Topliss-reactive ketones (excluding diaryl/α,β-unsaturated/α-hetero) is 1. The number of ketones is 1. The molecule has 0 aromatic carbocycles. The molecule has 2 amide bonds. The SMILES string of the molecule is CC(C)CNC(=O)[C@H](C)CC(=O)[C@H](C)NC(=O)[C@H](C)CC(C)C. The minimum absolute atomic E-state index is 0.100. The lowest BCUT2D eigenvalue weighted by atomic mass is 9.96. The van der Waals surface area contributed by atoms with E-state index in [-0.39, 0.29) is 35.9 Å². The highest BCUT2D eigenvalue weighted by Crippen LogP contribution is 2.12. The molecule has 0 heterocycles. The van der Waals surface area contributed by atoms with E-state index in [4.69, 9.17) is 0 Å². The molecule has 2 N–H and O–H groups in total. The molecule has 0 aliphatic heterocycles. The predicted octanol–water partition coefficient (Wildman–Crippen LogP) is 2.54. The lowest BCUT2D eigenvalue weighted by Gasteiger charge is -2.19. The zero-order valence-electron chi connectivity index (χ0n) is 15.7. The van der Waals surface area contributed by atoms with Crippen molar-refractivity contribution in [3.05, 3.63) is 0 Å². The van der Waals surface area contributed by atoms with E-state index >= 15 is 0 Å². The van der Waals surface area contributed by atoms with E-state index in [1.807, 2.05) is 20.8 Å². The van der Waals surface area contributed by atoms with Crippen LogP contribution in [-0.2, 0) is 14.4 Å². The number of amides is 2. The second kappa shape index (κ2) is 10.4. The summed E-state index contributed by atoms with van der Waals surface area (Å²) >= 11 is 0. The van der Waals surface area contributed by atoms with Gasteiger partial charge in [-0.15, -0.1) is 0 Å². The van der Waals surface area contributed by atoms with Crippen LogP contribution in [0.2, 0.25) is 0 Å². The largest absolute Gasteiger partial charge is 0.356 e. The van der Waals surface area contributed by atoms with Crippen LogP contribution in [0.4, 0.5) is 0 Å². The lowest BCUT2D eigenvalue weighted by molar-refractivity contribution is -0.132. The number of rotatable bonds is 10. The van der Waals surface area contributed by atoms with E-state index in [0.29, 0.717) is 18.4 Å².